The first kappa shape index (κ1) is 11.8. The van der Waals surface area contributed by atoms with Gasteiger partial charge in [0.2, 0.25) is 0 Å². The van der Waals surface area contributed by atoms with Gasteiger partial charge < -0.3 is 0 Å². The minimum atomic E-state index is 0.784. The molecule has 104 valence electrons. The van der Waals surface area contributed by atoms with Gasteiger partial charge >= 0.3 is 0 Å². The molecule has 0 saturated carbocycles. The van der Waals surface area contributed by atoms with Crippen LogP contribution >= 0.6 is 0 Å². The highest BCUT2D eigenvalue weighted by Crippen LogP contribution is 2.25. The molecule has 0 atom stereocenters. The summed E-state index contributed by atoms with van der Waals surface area (Å²) >= 11 is 0. The SMILES string of the molecule is Cc1c(-n2ccnc2-c2cnn3cccnc23)cnn1C. The Bertz CT molecular complexity index is 928. The quantitative estimate of drug-likeness (QED) is 0.559. The molecule has 0 unspecified atom stereocenters. The van der Waals surface area contributed by atoms with Gasteiger partial charge in [0.05, 0.1) is 29.3 Å². The zero-order valence-electron chi connectivity index (χ0n) is 11.7. The standard InChI is InChI=1S/C14H13N7/c1-10-12(9-17-19(10)2)20-7-5-16-13(20)11-8-18-21-6-3-4-15-14(11)21/h3-9H,1-2H3. The fraction of sp³-hybridized carbons (Fsp3) is 0.143. The van der Waals surface area contributed by atoms with Crippen molar-refractivity contribution in [2.75, 3.05) is 0 Å². The lowest BCUT2D eigenvalue weighted by atomic mass is 10.3. The smallest absolute Gasteiger partial charge is 0.165 e. The molecule has 0 fully saturated rings. The molecule has 0 aliphatic heterocycles. The number of aromatic nitrogens is 7. The van der Waals surface area contributed by atoms with Crippen LogP contribution in [0.1, 0.15) is 5.69 Å². The minimum Gasteiger partial charge on any atom is -0.296 e. The molecule has 0 saturated heterocycles. The molecule has 4 heterocycles. The first-order chi connectivity index (χ1) is 10.3. The van der Waals surface area contributed by atoms with Gasteiger partial charge in [0, 0.05) is 31.8 Å². The second kappa shape index (κ2) is 4.27. The zero-order valence-corrected chi connectivity index (χ0v) is 11.7. The normalized spacial score (nSPS) is 11.3. The van der Waals surface area contributed by atoms with Crippen molar-refractivity contribution in [3.05, 3.63) is 48.9 Å². The molecule has 0 N–H and O–H groups in total. The fourth-order valence-corrected chi connectivity index (χ4v) is 2.41. The lowest BCUT2D eigenvalue weighted by molar-refractivity contribution is 0.738. The van der Waals surface area contributed by atoms with Crippen LogP contribution in [0.5, 0.6) is 0 Å². The van der Waals surface area contributed by atoms with Gasteiger partial charge in [-0.25, -0.2) is 14.5 Å². The Labute approximate surface area is 120 Å². The van der Waals surface area contributed by atoms with E-state index in [1.54, 1.807) is 23.1 Å². The maximum atomic E-state index is 4.47. The van der Waals surface area contributed by atoms with Crippen molar-refractivity contribution in [1.29, 1.82) is 0 Å². The summed E-state index contributed by atoms with van der Waals surface area (Å²) in [4.78, 5) is 8.85. The molecule has 0 aliphatic rings. The highest BCUT2D eigenvalue weighted by atomic mass is 15.3. The van der Waals surface area contributed by atoms with E-state index >= 15 is 0 Å². The van der Waals surface area contributed by atoms with E-state index in [1.165, 1.54) is 0 Å². The Morgan fingerprint density at radius 3 is 2.71 bits per heavy atom. The lowest BCUT2D eigenvalue weighted by Crippen LogP contribution is -1.99. The number of hydrogen-bond acceptors (Lipinski definition) is 4. The third kappa shape index (κ3) is 1.67. The van der Waals surface area contributed by atoms with Gasteiger partial charge in [0.15, 0.2) is 5.65 Å². The summed E-state index contributed by atoms with van der Waals surface area (Å²) in [5.41, 5.74) is 3.74. The second-order valence-electron chi connectivity index (χ2n) is 4.81. The van der Waals surface area contributed by atoms with Crippen LogP contribution in [0.3, 0.4) is 0 Å². The monoisotopic (exact) mass is 279 g/mol. The average Bonchev–Trinajstić information content (AvgIpc) is 3.19. The molecular formula is C14H13N7. The topological polar surface area (TPSA) is 65.8 Å². The van der Waals surface area contributed by atoms with Crippen molar-refractivity contribution in [2.45, 2.75) is 6.92 Å². The van der Waals surface area contributed by atoms with Gasteiger partial charge in [0.25, 0.3) is 0 Å². The van der Waals surface area contributed by atoms with E-state index in [1.807, 2.05) is 47.9 Å². The summed E-state index contributed by atoms with van der Waals surface area (Å²) in [5, 5.41) is 8.61. The van der Waals surface area contributed by atoms with Crippen LogP contribution in [-0.2, 0) is 7.05 Å². The van der Waals surface area contributed by atoms with E-state index in [9.17, 15) is 0 Å². The van der Waals surface area contributed by atoms with Gasteiger partial charge in [-0.1, -0.05) is 0 Å². The van der Waals surface area contributed by atoms with Gasteiger partial charge in [-0.3, -0.25) is 9.25 Å². The molecule has 7 nitrogen and oxygen atoms in total. The molecule has 7 heteroatoms. The summed E-state index contributed by atoms with van der Waals surface area (Å²) in [7, 11) is 1.92. The maximum absolute atomic E-state index is 4.47. The zero-order chi connectivity index (χ0) is 14.4. The van der Waals surface area contributed by atoms with E-state index in [0.29, 0.717) is 0 Å². The summed E-state index contributed by atoms with van der Waals surface area (Å²) in [6.45, 7) is 2.03. The van der Waals surface area contributed by atoms with Crippen molar-refractivity contribution in [2.24, 2.45) is 7.05 Å². The van der Waals surface area contributed by atoms with Crippen LogP contribution in [0.15, 0.2) is 43.2 Å². The molecule has 0 amide bonds. The fourth-order valence-electron chi connectivity index (χ4n) is 2.41. The molecule has 0 aromatic carbocycles. The van der Waals surface area contributed by atoms with Crippen LogP contribution in [-0.4, -0.2) is 33.9 Å². The Morgan fingerprint density at radius 2 is 1.90 bits per heavy atom. The Kier molecular flexibility index (Phi) is 2.41. The van der Waals surface area contributed by atoms with Gasteiger partial charge in [-0.15, -0.1) is 0 Å². The third-order valence-electron chi connectivity index (χ3n) is 3.63. The molecule has 4 rings (SSSR count). The lowest BCUT2D eigenvalue weighted by Gasteiger charge is -2.06. The predicted octanol–water partition coefficient (Wildman–Crippen LogP) is 1.62. The summed E-state index contributed by atoms with van der Waals surface area (Å²) < 4.78 is 5.59. The maximum Gasteiger partial charge on any atom is 0.165 e. The highest BCUT2D eigenvalue weighted by Gasteiger charge is 2.16. The van der Waals surface area contributed by atoms with Crippen LogP contribution in [0.2, 0.25) is 0 Å². The van der Waals surface area contributed by atoms with E-state index in [4.69, 9.17) is 0 Å². The Morgan fingerprint density at radius 1 is 1.00 bits per heavy atom. The molecular weight excluding hydrogens is 266 g/mol. The molecule has 4 aromatic heterocycles. The molecule has 0 bridgehead atoms. The van der Waals surface area contributed by atoms with Gasteiger partial charge in [0.1, 0.15) is 5.82 Å². The van der Waals surface area contributed by atoms with Crippen molar-refractivity contribution >= 4 is 5.65 Å². The van der Waals surface area contributed by atoms with Crippen LogP contribution < -0.4 is 0 Å². The molecule has 0 spiro atoms. The second-order valence-corrected chi connectivity index (χ2v) is 4.81. The average molecular weight is 279 g/mol. The highest BCUT2D eigenvalue weighted by molar-refractivity contribution is 5.73. The van der Waals surface area contributed by atoms with Crippen molar-refractivity contribution in [3.63, 3.8) is 0 Å². The minimum absolute atomic E-state index is 0.784. The number of aryl methyl sites for hydroxylation is 1. The van der Waals surface area contributed by atoms with E-state index in [0.717, 1.165) is 28.4 Å². The van der Waals surface area contributed by atoms with E-state index < -0.39 is 0 Å². The number of nitrogens with zero attached hydrogens (tertiary/aromatic N) is 7. The van der Waals surface area contributed by atoms with Crippen molar-refractivity contribution < 1.29 is 0 Å². The van der Waals surface area contributed by atoms with Crippen LogP contribution in [0.25, 0.3) is 22.7 Å². The number of rotatable bonds is 2. The van der Waals surface area contributed by atoms with E-state index in [2.05, 4.69) is 20.2 Å². The summed E-state index contributed by atoms with van der Waals surface area (Å²) in [5.74, 6) is 0.805. The first-order valence-corrected chi connectivity index (χ1v) is 6.57. The van der Waals surface area contributed by atoms with E-state index in [-0.39, 0.29) is 0 Å². The van der Waals surface area contributed by atoms with Crippen molar-refractivity contribution in [3.8, 4) is 17.1 Å². The molecule has 0 radical (unpaired) electrons. The molecule has 0 aliphatic carbocycles. The number of fused-ring (bicyclic) bond motifs is 1. The number of hydrogen-bond donors (Lipinski definition) is 0. The molecule has 21 heavy (non-hydrogen) atoms. The van der Waals surface area contributed by atoms with Crippen molar-refractivity contribution in [1.82, 2.24) is 33.9 Å². The Hall–Kier alpha value is -2.96. The predicted molar refractivity (Wildman–Crippen MR) is 77.0 cm³/mol. The van der Waals surface area contributed by atoms with Gasteiger partial charge in [-0.05, 0) is 13.0 Å². The van der Waals surface area contributed by atoms with Crippen LogP contribution in [0.4, 0.5) is 0 Å². The summed E-state index contributed by atoms with van der Waals surface area (Å²) in [6, 6.07) is 1.85. The Balaban J connectivity index is 1.95. The van der Waals surface area contributed by atoms with Gasteiger partial charge in [-0.2, -0.15) is 10.2 Å². The van der Waals surface area contributed by atoms with Crippen LogP contribution in [0, 0.1) is 6.92 Å². The molecule has 4 aromatic rings. The number of imidazole rings is 1. The first-order valence-electron chi connectivity index (χ1n) is 6.57. The largest absolute Gasteiger partial charge is 0.296 e. The third-order valence-corrected chi connectivity index (χ3v) is 3.63. The summed E-state index contributed by atoms with van der Waals surface area (Å²) in [6.07, 6.45) is 10.9.